The minimum absolute atomic E-state index is 0.215. The molecule has 0 spiro atoms. The van der Waals surface area contributed by atoms with Gasteiger partial charge in [-0.3, -0.25) is 9.80 Å². The smallest absolute Gasteiger partial charge is 0.120 e. The third-order valence-corrected chi connectivity index (χ3v) is 6.30. The second-order valence-electron chi connectivity index (χ2n) is 8.31. The van der Waals surface area contributed by atoms with E-state index in [2.05, 4.69) is 52.3 Å². The molecule has 2 N–H and O–H groups in total. The van der Waals surface area contributed by atoms with Crippen LogP contribution in [0.3, 0.4) is 0 Å². The van der Waals surface area contributed by atoms with Gasteiger partial charge in [0, 0.05) is 44.4 Å². The van der Waals surface area contributed by atoms with Gasteiger partial charge in [-0.2, -0.15) is 0 Å². The van der Waals surface area contributed by atoms with E-state index in [9.17, 15) is 10.2 Å². The standard InChI is InChI=1S/C26H32N2O2/c29-18-14-23-19-27(16-17-28(23)15-6-9-21-7-2-1-3-8-21)20-25-24-11-5-4-10-22(24)12-13-26(25)30/h1-5,7-8,10-13,23,29-30H,6,9,14-20H2/t23-/m1/s1. The van der Waals surface area contributed by atoms with Gasteiger partial charge in [-0.15, -0.1) is 0 Å². The molecular formula is C26H32N2O2. The molecule has 0 saturated carbocycles. The SMILES string of the molecule is OCC[C@@H]1CN(Cc2c(O)ccc3ccccc23)CCN1CCCc1ccccc1. The van der Waals surface area contributed by atoms with E-state index in [1.807, 2.05) is 24.3 Å². The average Bonchev–Trinajstić information content (AvgIpc) is 2.78. The molecule has 4 nitrogen and oxygen atoms in total. The molecule has 3 aromatic carbocycles. The van der Waals surface area contributed by atoms with E-state index >= 15 is 0 Å². The van der Waals surface area contributed by atoms with E-state index in [0.717, 1.165) is 68.3 Å². The maximum Gasteiger partial charge on any atom is 0.120 e. The van der Waals surface area contributed by atoms with E-state index < -0.39 is 0 Å². The summed E-state index contributed by atoms with van der Waals surface area (Å²) in [6.07, 6.45) is 3.02. The first-order valence-corrected chi connectivity index (χ1v) is 11.1. The predicted molar refractivity (Wildman–Crippen MR) is 123 cm³/mol. The molecule has 30 heavy (non-hydrogen) atoms. The molecule has 0 aromatic heterocycles. The quantitative estimate of drug-likeness (QED) is 0.595. The molecule has 0 bridgehead atoms. The summed E-state index contributed by atoms with van der Waals surface area (Å²) in [5.41, 5.74) is 2.40. The van der Waals surface area contributed by atoms with Crippen LogP contribution in [0.5, 0.6) is 5.75 Å². The van der Waals surface area contributed by atoms with Crippen molar-refractivity contribution in [2.24, 2.45) is 0 Å². The molecule has 3 aromatic rings. The van der Waals surface area contributed by atoms with Crippen molar-refractivity contribution in [3.8, 4) is 5.75 Å². The van der Waals surface area contributed by atoms with Crippen molar-refractivity contribution in [3.05, 3.63) is 77.9 Å². The molecule has 158 valence electrons. The van der Waals surface area contributed by atoms with Crippen molar-refractivity contribution < 1.29 is 10.2 Å². The van der Waals surface area contributed by atoms with Gasteiger partial charge in [0.05, 0.1) is 0 Å². The molecule has 1 saturated heterocycles. The Balaban J connectivity index is 1.39. The Hall–Kier alpha value is -2.40. The molecule has 1 fully saturated rings. The Morgan fingerprint density at radius 3 is 2.53 bits per heavy atom. The number of aliphatic hydroxyl groups is 1. The van der Waals surface area contributed by atoms with Crippen LogP contribution in [0.4, 0.5) is 0 Å². The van der Waals surface area contributed by atoms with Crippen molar-refractivity contribution in [2.45, 2.75) is 31.8 Å². The van der Waals surface area contributed by atoms with E-state index in [0.29, 0.717) is 11.8 Å². The monoisotopic (exact) mass is 404 g/mol. The fraction of sp³-hybridized carbons (Fsp3) is 0.385. The molecule has 0 amide bonds. The Morgan fingerprint density at radius 2 is 1.70 bits per heavy atom. The highest BCUT2D eigenvalue weighted by atomic mass is 16.3. The van der Waals surface area contributed by atoms with E-state index in [1.165, 1.54) is 5.56 Å². The number of phenols is 1. The van der Waals surface area contributed by atoms with Gasteiger partial charge in [0.2, 0.25) is 0 Å². The van der Waals surface area contributed by atoms with E-state index in [1.54, 1.807) is 0 Å². The van der Waals surface area contributed by atoms with Gasteiger partial charge >= 0.3 is 0 Å². The average molecular weight is 405 g/mol. The fourth-order valence-corrected chi connectivity index (χ4v) is 4.66. The molecule has 4 rings (SSSR count). The third kappa shape index (κ3) is 5.01. The zero-order valence-electron chi connectivity index (χ0n) is 17.6. The van der Waals surface area contributed by atoms with Crippen LogP contribution in [-0.2, 0) is 13.0 Å². The zero-order chi connectivity index (χ0) is 20.8. The summed E-state index contributed by atoms with van der Waals surface area (Å²) < 4.78 is 0. The lowest BCUT2D eigenvalue weighted by atomic mass is 10.0. The zero-order valence-corrected chi connectivity index (χ0v) is 17.6. The largest absolute Gasteiger partial charge is 0.508 e. The first-order chi connectivity index (χ1) is 14.7. The molecule has 1 heterocycles. The van der Waals surface area contributed by atoms with Crippen LogP contribution in [0, 0.1) is 0 Å². The highest BCUT2D eigenvalue weighted by molar-refractivity contribution is 5.87. The number of aryl methyl sites for hydroxylation is 1. The number of rotatable bonds is 8. The molecule has 1 atom stereocenters. The lowest BCUT2D eigenvalue weighted by Gasteiger charge is -2.41. The highest BCUT2D eigenvalue weighted by Crippen LogP contribution is 2.29. The number of aromatic hydroxyl groups is 1. The number of hydrogen-bond donors (Lipinski definition) is 2. The van der Waals surface area contributed by atoms with Crippen molar-refractivity contribution in [3.63, 3.8) is 0 Å². The number of phenolic OH excluding ortho intramolecular Hbond substituents is 1. The number of hydrogen-bond acceptors (Lipinski definition) is 4. The van der Waals surface area contributed by atoms with Gasteiger partial charge in [-0.1, -0.05) is 60.7 Å². The van der Waals surface area contributed by atoms with Crippen LogP contribution >= 0.6 is 0 Å². The molecule has 0 radical (unpaired) electrons. The summed E-state index contributed by atoms with van der Waals surface area (Å²) in [6, 6.07) is 23.1. The molecule has 1 aliphatic heterocycles. The highest BCUT2D eigenvalue weighted by Gasteiger charge is 2.27. The molecule has 0 aliphatic carbocycles. The first-order valence-electron chi connectivity index (χ1n) is 11.1. The van der Waals surface area contributed by atoms with Gasteiger partial charge < -0.3 is 10.2 Å². The van der Waals surface area contributed by atoms with E-state index in [-0.39, 0.29) is 6.61 Å². The number of fused-ring (bicyclic) bond motifs is 1. The van der Waals surface area contributed by atoms with Gasteiger partial charge in [0.15, 0.2) is 0 Å². The van der Waals surface area contributed by atoms with E-state index in [4.69, 9.17) is 0 Å². The van der Waals surface area contributed by atoms with Crippen LogP contribution in [0.25, 0.3) is 10.8 Å². The topological polar surface area (TPSA) is 46.9 Å². The Labute approximate surface area is 179 Å². The second-order valence-corrected chi connectivity index (χ2v) is 8.31. The molecule has 0 unspecified atom stereocenters. The van der Waals surface area contributed by atoms with Crippen LogP contribution in [0.15, 0.2) is 66.7 Å². The minimum Gasteiger partial charge on any atom is -0.508 e. The van der Waals surface area contributed by atoms with Gasteiger partial charge in [-0.05, 0) is 48.2 Å². The Bertz CT molecular complexity index is 944. The van der Waals surface area contributed by atoms with Crippen molar-refractivity contribution in [1.82, 2.24) is 9.80 Å². The summed E-state index contributed by atoms with van der Waals surface area (Å²) >= 11 is 0. The summed E-state index contributed by atoms with van der Waals surface area (Å²) in [6.45, 7) is 4.93. The van der Waals surface area contributed by atoms with Gasteiger partial charge in [-0.25, -0.2) is 0 Å². The lowest BCUT2D eigenvalue weighted by molar-refractivity contribution is 0.0545. The van der Waals surface area contributed by atoms with Crippen molar-refractivity contribution in [2.75, 3.05) is 32.8 Å². The summed E-state index contributed by atoms with van der Waals surface area (Å²) in [5.74, 6) is 0.373. The fourth-order valence-electron chi connectivity index (χ4n) is 4.66. The number of piperazine rings is 1. The maximum atomic E-state index is 10.5. The number of aliphatic hydroxyl groups excluding tert-OH is 1. The molecular weight excluding hydrogens is 372 g/mol. The third-order valence-electron chi connectivity index (χ3n) is 6.30. The Morgan fingerprint density at radius 1 is 0.900 bits per heavy atom. The second kappa shape index (κ2) is 10.1. The summed E-state index contributed by atoms with van der Waals surface area (Å²) in [4.78, 5) is 4.97. The van der Waals surface area contributed by atoms with Crippen LogP contribution in [-0.4, -0.2) is 58.8 Å². The lowest BCUT2D eigenvalue weighted by Crippen LogP contribution is -2.53. The predicted octanol–water partition coefficient (Wildman–Crippen LogP) is 4.05. The van der Waals surface area contributed by atoms with Crippen LogP contribution in [0.1, 0.15) is 24.0 Å². The van der Waals surface area contributed by atoms with Crippen LogP contribution in [0.2, 0.25) is 0 Å². The first kappa shape index (κ1) is 20.9. The van der Waals surface area contributed by atoms with Crippen LogP contribution < -0.4 is 0 Å². The molecule has 4 heteroatoms. The van der Waals surface area contributed by atoms with Gasteiger partial charge in [0.25, 0.3) is 0 Å². The normalized spacial score (nSPS) is 18.1. The minimum atomic E-state index is 0.215. The maximum absolute atomic E-state index is 10.5. The number of nitrogens with zero attached hydrogens (tertiary/aromatic N) is 2. The van der Waals surface area contributed by atoms with Crippen molar-refractivity contribution in [1.29, 1.82) is 0 Å². The summed E-state index contributed by atoms with van der Waals surface area (Å²) in [5, 5.41) is 22.4. The summed E-state index contributed by atoms with van der Waals surface area (Å²) in [7, 11) is 0. The van der Waals surface area contributed by atoms with Crippen molar-refractivity contribution >= 4 is 10.8 Å². The molecule has 1 aliphatic rings. The van der Waals surface area contributed by atoms with Gasteiger partial charge in [0.1, 0.15) is 5.75 Å². The Kier molecular flexibility index (Phi) is 7.00. The number of benzene rings is 3.